The molecule has 0 amide bonds. The predicted molar refractivity (Wildman–Crippen MR) is 74.0 cm³/mol. The van der Waals surface area contributed by atoms with Gasteiger partial charge in [-0.3, -0.25) is 4.79 Å². The number of carbonyl (C=O) groups is 1. The van der Waals surface area contributed by atoms with Gasteiger partial charge in [-0.25, -0.2) is 4.98 Å². The second-order valence-corrected chi connectivity index (χ2v) is 4.41. The van der Waals surface area contributed by atoms with Crippen molar-refractivity contribution in [2.45, 2.75) is 26.7 Å². The number of aliphatic carboxylic acids is 1. The Bertz CT molecular complexity index is 609. The van der Waals surface area contributed by atoms with Crippen LogP contribution in [-0.4, -0.2) is 21.0 Å². The number of aromatic nitrogens is 2. The quantitative estimate of drug-likeness (QED) is 0.906. The first kappa shape index (κ1) is 14.0. The van der Waals surface area contributed by atoms with Crippen molar-refractivity contribution < 1.29 is 14.6 Å². The van der Waals surface area contributed by atoms with Gasteiger partial charge in [0, 0.05) is 11.8 Å². The van der Waals surface area contributed by atoms with Crippen LogP contribution in [0.25, 0.3) is 0 Å². The van der Waals surface area contributed by atoms with Crippen LogP contribution in [0.1, 0.15) is 24.0 Å². The zero-order valence-corrected chi connectivity index (χ0v) is 11.5. The van der Waals surface area contributed by atoms with Crippen molar-refractivity contribution >= 4 is 5.97 Å². The molecule has 1 N–H and O–H groups in total. The van der Waals surface area contributed by atoms with E-state index in [-0.39, 0.29) is 6.42 Å². The van der Waals surface area contributed by atoms with Gasteiger partial charge in [0.15, 0.2) is 0 Å². The highest BCUT2D eigenvalue weighted by molar-refractivity contribution is 5.70. The minimum atomic E-state index is -0.849. The van der Waals surface area contributed by atoms with Crippen LogP contribution in [0.4, 0.5) is 0 Å². The number of nitrogens with zero attached hydrogens (tertiary/aromatic N) is 2. The van der Waals surface area contributed by atoms with E-state index < -0.39 is 5.97 Å². The molecule has 2 rings (SSSR count). The third-order valence-electron chi connectivity index (χ3n) is 2.73. The number of hydrogen-bond donors (Lipinski definition) is 1. The van der Waals surface area contributed by atoms with Crippen LogP contribution in [-0.2, 0) is 17.6 Å². The third kappa shape index (κ3) is 3.78. The first-order valence-electron chi connectivity index (χ1n) is 6.40. The van der Waals surface area contributed by atoms with Gasteiger partial charge in [0.1, 0.15) is 11.6 Å². The van der Waals surface area contributed by atoms with E-state index >= 15 is 0 Å². The second kappa shape index (κ2) is 6.14. The largest absolute Gasteiger partial charge is 0.481 e. The summed E-state index contributed by atoms with van der Waals surface area (Å²) < 4.78 is 5.66. The SMILES string of the molecule is CCc1cc(Oc2ccc(CC(=O)O)cc2)nc(C)n1. The van der Waals surface area contributed by atoms with Gasteiger partial charge in [0.05, 0.1) is 6.42 Å². The first-order chi connectivity index (χ1) is 9.56. The van der Waals surface area contributed by atoms with Gasteiger partial charge in [-0.1, -0.05) is 19.1 Å². The van der Waals surface area contributed by atoms with Crippen molar-refractivity contribution in [1.82, 2.24) is 9.97 Å². The third-order valence-corrected chi connectivity index (χ3v) is 2.73. The van der Waals surface area contributed by atoms with Gasteiger partial charge < -0.3 is 9.84 Å². The number of hydrogen-bond acceptors (Lipinski definition) is 4. The molecule has 5 heteroatoms. The maximum absolute atomic E-state index is 10.6. The average molecular weight is 272 g/mol. The van der Waals surface area contributed by atoms with Crippen LogP contribution in [0.2, 0.25) is 0 Å². The van der Waals surface area contributed by atoms with E-state index in [1.54, 1.807) is 30.3 Å². The minimum Gasteiger partial charge on any atom is -0.481 e. The Kier molecular flexibility index (Phi) is 4.30. The van der Waals surface area contributed by atoms with Crippen molar-refractivity contribution in [2.24, 2.45) is 0 Å². The maximum Gasteiger partial charge on any atom is 0.307 e. The highest BCUT2D eigenvalue weighted by Gasteiger charge is 2.04. The molecular weight excluding hydrogens is 256 g/mol. The van der Waals surface area contributed by atoms with E-state index in [1.807, 2.05) is 13.8 Å². The summed E-state index contributed by atoms with van der Waals surface area (Å²) in [5.74, 6) is 0.944. The van der Waals surface area contributed by atoms with Crippen LogP contribution in [0, 0.1) is 6.92 Å². The maximum atomic E-state index is 10.6. The molecule has 5 nitrogen and oxygen atoms in total. The Morgan fingerprint density at radius 3 is 2.55 bits per heavy atom. The highest BCUT2D eigenvalue weighted by atomic mass is 16.5. The van der Waals surface area contributed by atoms with Crippen LogP contribution in [0.5, 0.6) is 11.6 Å². The molecule has 2 aromatic rings. The number of carboxylic acids is 1. The zero-order chi connectivity index (χ0) is 14.5. The molecule has 20 heavy (non-hydrogen) atoms. The van der Waals surface area contributed by atoms with Crippen molar-refractivity contribution in [1.29, 1.82) is 0 Å². The van der Waals surface area contributed by atoms with Crippen LogP contribution in [0.15, 0.2) is 30.3 Å². The Morgan fingerprint density at radius 1 is 1.25 bits per heavy atom. The molecule has 1 aromatic heterocycles. The van der Waals surface area contributed by atoms with Gasteiger partial charge in [-0.05, 0) is 31.0 Å². The van der Waals surface area contributed by atoms with E-state index in [2.05, 4.69) is 9.97 Å². The summed E-state index contributed by atoms with van der Waals surface area (Å²) in [5.41, 5.74) is 1.66. The fraction of sp³-hybridized carbons (Fsp3) is 0.267. The van der Waals surface area contributed by atoms with Gasteiger partial charge in [-0.15, -0.1) is 0 Å². The molecule has 0 atom stereocenters. The molecule has 1 aromatic carbocycles. The Morgan fingerprint density at radius 2 is 1.95 bits per heavy atom. The van der Waals surface area contributed by atoms with Crippen molar-refractivity contribution in [3.05, 3.63) is 47.4 Å². The molecule has 0 saturated heterocycles. The monoisotopic (exact) mass is 272 g/mol. The lowest BCUT2D eigenvalue weighted by molar-refractivity contribution is -0.136. The molecule has 0 spiro atoms. The van der Waals surface area contributed by atoms with Crippen LogP contribution < -0.4 is 4.74 Å². The molecule has 0 unspecified atom stereocenters. The van der Waals surface area contributed by atoms with Crippen LogP contribution >= 0.6 is 0 Å². The van der Waals surface area contributed by atoms with Gasteiger partial charge in [0.2, 0.25) is 5.88 Å². The Labute approximate surface area is 117 Å². The molecule has 0 fully saturated rings. The normalized spacial score (nSPS) is 10.3. The fourth-order valence-corrected chi connectivity index (χ4v) is 1.80. The highest BCUT2D eigenvalue weighted by Crippen LogP contribution is 2.21. The van der Waals surface area contributed by atoms with E-state index in [4.69, 9.17) is 9.84 Å². The topological polar surface area (TPSA) is 72.3 Å². The zero-order valence-electron chi connectivity index (χ0n) is 11.5. The van der Waals surface area contributed by atoms with Gasteiger partial charge >= 0.3 is 5.97 Å². The number of aryl methyl sites for hydroxylation is 2. The second-order valence-electron chi connectivity index (χ2n) is 4.41. The summed E-state index contributed by atoms with van der Waals surface area (Å²) in [7, 11) is 0. The lowest BCUT2D eigenvalue weighted by Gasteiger charge is -2.07. The summed E-state index contributed by atoms with van der Waals surface area (Å²) in [6, 6.07) is 8.75. The van der Waals surface area contributed by atoms with Gasteiger partial charge in [0.25, 0.3) is 0 Å². The van der Waals surface area contributed by atoms with Gasteiger partial charge in [-0.2, -0.15) is 4.98 Å². The number of ether oxygens (including phenoxy) is 1. The van der Waals surface area contributed by atoms with E-state index in [0.717, 1.165) is 17.7 Å². The van der Waals surface area contributed by atoms with E-state index in [9.17, 15) is 4.79 Å². The predicted octanol–water partition coefficient (Wildman–Crippen LogP) is 2.77. The molecule has 1 heterocycles. The lowest BCUT2D eigenvalue weighted by atomic mass is 10.1. The molecule has 0 bridgehead atoms. The summed E-state index contributed by atoms with van der Waals surface area (Å²) in [6.45, 7) is 3.84. The number of benzene rings is 1. The van der Waals surface area contributed by atoms with Crippen molar-refractivity contribution in [3.8, 4) is 11.6 Å². The standard InChI is InChI=1S/C15H16N2O3/c1-3-12-9-14(17-10(2)16-12)20-13-6-4-11(5-7-13)8-15(18)19/h4-7,9H,3,8H2,1-2H3,(H,18,19). The Hall–Kier alpha value is -2.43. The summed E-state index contributed by atoms with van der Waals surface area (Å²) in [5, 5.41) is 8.71. The Balaban J connectivity index is 2.13. The van der Waals surface area contributed by atoms with E-state index in [1.165, 1.54) is 0 Å². The molecule has 0 saturated carbocycles. The molecular formula is C15H16N2O3. The lowest BCUT2D eigenvalue weighted by Crippen LogP contribution is -2.00. The van der Waals surface area contributed by atoms with Crippen molar-refractivity contribution in [3.63, 3.8) is 0 Å². The van der Waals surface area contributed by atoms with E-state index in [0.29, 0.717) is 17.5 Å². The van der Waals surface area contributed by atoms with Crippen LogP contribution in [0.3, 0.4) is 0 Å². The molecule has 0 radical (unpaired) electrons. The molecule has 0 aliphatic carbocycles. The summed E-state index contributed by atoms with van der Waals surface area (Å²) in [6.07, 6.45) is 0.824. The number of carboxylic acid groups (broad SMARTS) is 1. The first-order valence-corrected chi connectivity index (χ1v) is 6.40. The fourth-order valence-electron chi connectivity index (χ4n) is 1.80. The smallest absolute Gasteiger partial charge is 0.307 e. The van der Waals surface area contributed by atoms with Crippen molar-refractivity contribution in [2.75, 3.05) is 0 Å². The minimum absolute atomic E-state index is 0.00682. The molecule has 104 valence electrons. The molecule has 0 aliphatic rings. The molecule has 0 aliphatic heterocycles. The average Bonchev–Trinajstić information content (AvgIpc) is 2.39. The summed E-state index contributed by atoms with van der Waals surface area (Å²) >= 11 is 0. The summed E-state index contributed by atoms with van der Waals surface area (Å²) in [4.78, 5) is 19.1. The number of rotatable bonds is 5.